The summed E-state index contributed by atoms with van der Waals surface area (Å²) in [6.45, 7) is 3.56. The third kappa shape index (κ3) is 8.18. The highest BCUT2D eigenvalue weighted by molar-refractivity contribution is 7.89. The van der Waals surface area contributed by atoms with Crippen LogP contribution in [0.15, 0.2) is 47.4 Å². The molecule has 11 heteroatoms. The SMILES string of the molecule is COc1ccc(S(=O)(=O)N(CC(C)C)C[C@@H](O)CNC(=O)c2cc(N)cc(C(=O)N(C)C3CCCCC3)c2)cc1. The average Bonchev–Trinajstić information content (AvgIpc) is 2.94. The Hall–Kier alpha value is -3.15. The summed E-state index contributed by atoms with van der Waals surface area (Å²) in [4.78, 5) is 27.9. The van der Waals surface area contributed by atoms with E-state index in [1.54, 1.807) is 30.1 Å². The molecule has 2 aromatic carbocycles. The van der Waals surface area contributed by atoms with Gasteiger partial charge in [0.25, 0.3) is 11.8 Å². The van der Waals surface area contributed by atoms with Crippen LogP contribution in [0.1, 0.15) is 66.7 Å². The van der Waals surface area contributed by atoms with Gasteiger partial charge in [-0.15, -0.1) is 0 Å². The van der Waals surface area contributed by atoms with Crippen molar-refractivity contribution < 1.29 is 27.9 Å². The van der Waals surface area contributed by atoms with E-state index >= 15 is 0 Å². The van der Waals surface area contributed by atoms with Crippen LogP contribution in [0.2, 0.25) is 0 Å². The number of nitrogens with one attached hydrogen (secondary N) is 1. The second kappa shape index (κ2) is 14.0. The Morgan fingerprint density at radius 1 is 1.05 bits per heavy atom. The van der Waals surface area contributed by atoms with Gasteiger partial charge in [-0.05, 0) is 61.2 Å². The number of aliphatic hydroxyl groups is 1. The van der Waals surface area contributed by atoms with E-state index in [0.717, 1.165) is 25.7 Å². The van der Waals surface area contributed by atoms with E-state index in [-0.39, 0.29) is 53.6 Å². The Kier molecular flexibility index (Phi) is 11.0. The minimum absolute atomic E-state index is 0.00445. The Balaban J connectivity index is 1.67. The summed E-state index contributed by atoms with van der Waals surface area (Å²) < 4.78 is 32.9. The number of hydrogen-bond acceptors (Lipinski definition) is 7. The number of rotatable bonds is 12. The Morgan fingerprint density at radius 3 is 2.27 bits per heavy atom. The van der Waals surface area contributed by atoms with Crippen LogP contribution in [0.25, 0.3) is 0 Å². The summed E-state index contributed by atoms with van der Waals surface area (Å²) in [5.74, 6) is -0.176. The third-order valence-electron chi connectivity index (χ3n) is 7.09. The summed E-state index contributed by atoms with van der Waals surface area (Å²) in [7, 11) is -0.623. The largest absolute Gasteiger partial charge is 0.497 e. The summed E-state index contributed by atoms with van der Waals surface area (Å²) in [6, 6.07) is 10.7. The van der Waals surface area contributed by atoms with Gasteiger partial charge in [-0.3, -0.25) is 9.59 Å². The smallest absolute Gasteiger partial charge is 0.253 e. The van der Waals surface area contributed by atoms with Crippen LogP contribution in [-0.2, 0) is 10.0 Å². The average molecular weight is 575 g/mol. The second-order valence-corrected chi connectivity index (χ2v) is 12.7. The first kappa shape index (κ1) is 31.4. The molecule has 1 atom stereocenters. The molecule has 0 radical (unpaired) electrons. The monoisotopic (exact) mass is 574 g/mol. The lowest BCUT2D eigenvalue weighted by Crippen LogP contribution is -2.44. The van der Waals surface area contributed by atoms with Gasteiger partial charge in [0.1, 0.15) is 5.75 Å². The molecule has 1 fully saturated rings. The van der Waals surface area contributed by atoms with E-state index in [0.29, 0.717) is 11.3 Å². The van der Waals surface area contributed by atoms with Gasteiger partial charge < -0.3 is 25.8 Å². The van der Waals surface area contributed by atoms with Gasteiger partial charge in [-0.25, -0.2) is 8.42 Å². The van der Waals surface area contributed by atoms with Gasteiger partial charge in [-0.2, -0.15) is 4.31 Å². The van der Waals surface area contributed by atoms with Gasteiger partial charge in [0.05, 0.1) is 18.1 Å². The van der Waals surface area contributed by atoms with Gasteiger partial charge >= 0.3 is 0 Å². The number of amides is 2. The molecule has 40 heavy (non-hydrogen) atoms. The van der Waals surface area contributed by atoms with Crippen molar-refractivity contribution in [2.45, 2.75) is 63.0 Å². The van der Waals surface area contributed by atoms with E-state index in [1.807, 2.05) is 13.8 Å². The number of sulfonamides is 1. The first-order valence-corrected chi connectivity index (χ1v) is 15.1. The Bertz CT molecular complexity index is 1260. The van der Waals surface area contributed by atoms with E-state index in [2.05, 4.69) is 5.32 Å². The number of nitrogen functional groups attached to an aromatic ring is 1. The van der Waals surface area contributed by atoms with Crippen molar-refractivity contribution in [1.29, 1.82) is 0 Å². The lowest BCUT2D eigenvalue weighted by molar-refractivity contribution is 0.0696. The molecule has 0 saturated heterocycles. The molecule has 4 N–H and O–H groups in total. The molecule has 1 saturated carbocycles. The molecule has 1 aliphatic carbocycles. The third-order valence-corrected chi connectivity index (χ3v) is 8.93. The maximum absolute atomic E-state index is 13.3. The molecule has 0 unspecified atom stereocenters. The highest BCUT2D eigenvalue weighted by Gasteiger charge is 2.28. The molecule has 2 amide bonds. The highest BCUT2D eigenvalue weighted by Crippen LogP contribution is 2.24. The molecule has 0 aromatic heterocycles. The minimum Gasteiger partial charge on any atom is -0.497 e. The van der Waals surface area contributed by atoms with Crippen molar-refractivity contribution in [3.8, 4) is 5.75 Å². The van der Waals surface area contributed by atoms with Gasteiger partial charge in [0.15, 0.2) is 0 Å². The summed E-state index contributed by atoms with van der Waals surface area (Å²) >= 11 is 0. The topological polar surface area (TPSA) is 142 Å². The normalized spacial score (nSPS) is 15.2. The number of benzene rings is 2. The number of methoxy groups -OCH3 is 1. The quantitative estimate of drug-likeness (QED) is 0.331. The van der Waals surface area contributed by atoms with Gasteiger partial charge in [0.2, 0.25) is 10.0 Å². The zero-order valence-corrected chi connectivity index (χ0v) is 24.6. The van der Waals surface area contributed by atoms with Crippen LogP contribution in [0.5, 0.6) is 5.75 Å². The first-order valence-electron chi connectivity index (χ1n) is 13.7. The fourth-order valence-corrected chi connectivity index (χ4v) is 6.57. The molecule has 0 bridgehead atoms. The fourth-order valence-electron chi connectivity index (χ4n) is 4.93. The summed E-state index contributed by atoms with van der Waals surface area (Å²) in [5, 5.41) is 13.4. The molecule has 0 aliphatic heterocycles. The van der Waals surface area contributed by atoms with E-state index in [1.165, 1.54) is 42.1 Å². The number of carbonyl (C=O) groups excluding carboxylic acids is 2. The molecule has 0 heterocycles. The molecule has 3 rings (SSSR count). The lowest BCUT2D eigenvalue weighted by atomic mass is 9.94. The lowest BCUT2D eigenvalue weighted by Gasteiger charge is -2.31. The van der Waals surface area contributed by atoms with Crippen LogP contribution in [-0.4, -0.2) is 80.5 Å². The van der Waals surface area contributed by atoms with E-state index in [9.17, 15) is 23.1 Å². The fraction of sp³-hybridized carbons (Fsp3) is 0.517. The zero-order chi connectivity index (χ0) is 29.4. The molecule has 10 nitrogen and oxygen atoms in total. The maximum atomic E-state index is 13.3. The number of nitrogens with two attached hydrogens (primary N) is 1. The maximum Gasteiger partial charge on any atom is 0.253 e. The number of carbonyl (C=O) groups is 2. The van der Waals surface area contributed by atoms with E-state index < -0.39 is 22.0 Å². The minimum atomic E-state index is -3.90. The van der Waals surface area contributed by atoms with Crippen LogP contribution < -0.4 is 15.8 Å². The number of anilines is 1. The van der Waals surface area contributed by atoms with Crippen molar-refractivity contribution in [2.75, 3.05) is 39.5 Å². The predicted octanol–water partition coefficient (Wildman–Crippen LogP) is 3.12. The first-order chi connectivity index (χ1) is 18.9. The molecule has 2 aromatic rings. The molecule has 0 spiro atoms. The van der Waals surface area contributed by atoms with Crippen molar-refractivity contribution in [3.63, 3.8) is 0 Å². The van der Waals surface area contributed by atoms with Crippen molar-refractivity contribution in [1.82, 2.24) is 14.5 Å². The van der Waals surface area contributed by atoms with Crippen LogP contribution >= 0.6 is 0 Å². The predicted molar refractivity (Wildman–Crippen MR) is 155 cm³/mol. The van der Waals surface area contributed by atoms with Crippen molar-refractivity contribution in [2.24, 2.45) is 5.92 Å². The number of nitrogens with zero attached hydrogens (tertiary/aromatic N) is 2. The molecular formula is C29H42N4O6S. The van der Waals surface area contributed by atoms with Crippen molar-refractivity contribution >= 4 is 27.5 Å². The van der Waals surface area contributed by atoms with Crippen molar-refractivity contribution in [3.05, 3.63) is 53.6 Å². The van der Waals surface area contributed by atoms with Crippen LogP contribution in [0, 0.1) is 5.92 Å². The Morgan fingerprint density at radius 2 is 1.68 bits per heavy atom. The standard InChI is InChI=1S/C29H42N4O6S/c1-20(2)18-33(40(37,38)27-12-10-26(39-4)11-13-27)19-25(34)17-31-28(35)21-14-22(16-23(30)15-21)29(36)32(3)24-8-6-5-7-9-24/h10-16,20,24-25,34H,5-9,17-19,30H2,1-4H3,(H,31,35)/t25-/m0/s1. The summed E-state index contributed by atoms with van der Waals surface area (Å²) in [5.41, 5.74) is 6.82. The van der Waals surface area contributed by atoms with Crippen LogP contribution in [0.3, 0.4) is 0 Å². The van der Waals surface area contributed by atoms with Crippen LogP contribution in [0.4, 0.5) is 5.69 Å². The molecule has 1 aliphatic rings. The Labute approximate surface area is 237 Å². The van der Waals surface area contributed by atoms with Gasteiger partial charge in [-0.1, -0.05) is 33.1 Å². The zero-order valence-electron chi connectivity index (χ0n) is 23.8. The summed E-state index contributed by atoms with van der Waals surface area (Å²) in [6.07, 6.45) is 4.09. The number of hydrogen-bond donors (Lipinski definition) is 3. The van der Waals surface area contributed by atoms with E-state index in [4.69, 9.17) is 10.5 Å². The molecule has 220 valence electrons. The van der Waals surface area contributed by atoms with Gasteiger partial charge in [0, 0.05) is 49.5 Å². The number of ether oxygens (including phenoxy) is 1. The highest BCUT2D eigenvalue weighted by atomic mass is 32.2. The molecular weight excluding hydrogens is 532 g/mol. The number of aliphatic hydroxyl groups excluding tert-OH is 1. The second-order valence-electron chi connectivity index (χ2n) is 10.8.